The number of phosphoric acid groups is 2. The van der Waals surface area contributed by atoms with Crippen molar-refractivity contribution in [3.05, 3.63) is 12.7 Å². The SMILES string of the molecule is Nc1ncnc2c1ncn2[C@@H]1O[C@H](C(CP(=O)(O)OP(=O)(O)OP(=O)(O)O)SCCC(N)C(=O)O)[C@@H](O)[C@H]1O. The Balaban J connectivity index is 1.86. The molecule has 1 fully saturated rings. The van der Waals surface area contributed by atoms with Gasteiger partial charge in [-0.3, -0.25) is 13.9 Å². The van der Waals surface area contributed by atoms with Crippen molar-refractivity contribution in [3.63, 3.8) is 0 Å². The van der Waals surface area contributed by atoms with Crippen molar-refractivity contribution >= 4 is 58.0 Å². The van der Waals surface area contributed by atoms with E-state index in [9.17, 15) is 38.5 Å². The van der Waals surface area contributed by atoms with E-state index in [1.807, 2.05) is 0 Å². The number of hydrogen-bond acceptors (Lipinski definition) is 15. The Kier molecular flexibility index (Phi) is 9.95. The van der Waals surface area contributed by atoms with Crippen LogP contribution >= 0.6 is 35.0 Å². The predicted molar refractivity (Wildman–Crippen MR) is 131 cm³/mol. The van der Waals surface area contributed by atoms with E-state index in [4.69, 9.17) is 31.1 Å². The Bertz CT molecular complexity index is 1340. The van der Waals surface area contributed by atoms with Gasteiger partial charge in [0.15, 0.2) is 17.7 Å². The minimum atomic E-state index is -5.76. The van der Waals surface area contributed by atoms with Gasteiger partial charge in [0.2, 0.25) is 0 Å². The number of nitrogens with two attached hydrogens (primary N) is 2. The highest BCUT2D eigenvalue weighted by molar-refractivity contribution is 8.00. The zero-order valence-electron chi connectivity index (χ0n) is 19.4. The maximum Gasteiger partial charge on any atom is 0.488 e. The lowest BCUT2D eigenvalue weighted by molar-refractivity contribution is -0.138. The maximum atomic E-state index is 12.7. The van der Waals surface area contributed by atoms with Crippen molar-refractivity contribution in [1.29, 1.82) is 0 Å². The number of aliphatic hydroxyl groups excluding tert-OH is 2. The van der Waals surface area contributed by atoms with Crippen molar-refractivity contribution in [3.8, 4) is 0 Å². The topological polar surface area (TPSA) is 333 Å². The highest BCUT2D eigenvalue weighted by Crippen LogP contribution is 2.66. The van der Waals surface area contributed by atoms with Gasteiger partial charge >= 0.3 is 29.2 Å². The minimum absolute atomic E-state index is 0.0101. The molecule has 1 aliphatic heterocycles. The highest BCUT2D eigenvalue weighted by Gasteiger charge is 2.50. The van der Waals surface area contributed by atoms with E-state index in [1.165, 1.54) is 10.9 Å². The molecule has 0 aliphatic carbocycles. The fraction of sp³-hybridized carbons (Fsp3) is 0.600. The van der Waals surface area contributed by atoms with E-state index in [1.54, 1.807) is 0 Å². The fourth-order valence-corrected chi connectivity index (χ4v) is 9.35. The summed E-state index contributed by atoms with van der Waals surface area (Å²) in [6.45, 7) is 0. The molecule has 24 heteroatoms. The number of aliphatic carboxylic acids is 1. The molecule has 2 aromatic heterocycles. The zero-order chi connectivity index (χ0) is 29.3. The molecule has 220 valence electrons. The van der Waals surface area contributed by atoms with Crippen molar-refractivity contribution in [2.75, 3.05) is 17.6 Å². The van der Waals surface area contributed by atoms with Crippen LogP contribution in [0.15, 0.2) is 12.7 Å². The lowest BCUT2D eigenvalue weighted by Crippen LogP contribution is -2.39. The molecule has 11 N–H and O–H groups in total. The van der Waals surface area contributed by atoms with E-state index in [0.29, 0.717) is 0 Å². The molecule has 39 heavy (non-hydrogen) atoms. The number of carboxylic acids is 1. The van der Waals surface area contributed by atoms with Crippen LogP contribution in [0, 0.1) is 0 Å². The number of nitrogens with zero attached hydrogens (tertiary/aromatic N) is 4. The number of nitrogen functional groups attached to an aromatic ring is 1. The van der Waals surface area contributed by atoms with Crippen LogP contribution in [0.5, 0.6) is 0 Å². The molecule has 0 bridgehead atoms. The fourth-order valence-electron chi connectivity index (χ4n) is 3.57. The summed E-state index contributed by atoms with van der Waals surface area (Å²) in [6.07, 6.45) is -5.22. The number of rotatable bonds is 13. The second-order valence-corrected chi connectivity index (χ2v) is 14.4. The summed E-state index contributed by atoms with van der Waals surface area (Å²) < 4.78 is 50.1. The van der Waals surface area contributed by atoms with Gasteiger partial charge < -0.3 is 51.1 Å². The third-order valence-electron chi connectivity index (χ3n) is 5.23. The molecule has 1 saturated heterocycles. The Morgan fingerprint density at radius 2 is 1.79 bits per heavy atom. The molecule has 20 nitrogen and oxygen atoms in total. The first-order chi connectivity index (χ1) is 17.9. The molecular weight excluding hydrogens is 613 g/mol. The normalized spacial score (nSPS) is 26.6. The third kappa shape index (κ3) is 8.25. The third-order valence-corrected chi connectivity index (χ3v) is 11.2. The molecule has 3 rings (SSSR count). The predicted octanol–water partition coefficient (Wildman–Crippen LogP) is -1.66. The molecular formula is C15H25N6O14P3S. The van der Waals surface area contributed by atoms with Crippen LogP contribution in [0.2, 0.25) is 0 Å². The average molecular weight is 638 g/mol. The number of ether oxygens (including phenoxy) is 1. The van der Waals surface area contributed by atoms with Gasteiger partial charge in [-0.05, 0) is 12.2 Å². The number of fused-ring (bicyclic) bond motifs is 1. The first-order valence-corrected chi connectivity index (χ1v) is 16.4. The van der Waals surface area contributed by atoms with Gasteiger partial charge in [-0.1, -0.05) is 0 Å². The Morgan fingerprint density at radius 1 is 1.13 bits per heavy atom. The van der Waals surface area contributed by atoms with E-state index < -0.39 is 71.2 Å². The molecule has 2 aromatic rings. The summed E-state index contributed by atoms with van der Waals surface area (Å²) in [6, 6.07) is -1.32. The first-order valence-electron chi connectivity index (χ1n) is 10.6. The highest BCUT2D eigenvalue weighted by atomic mass is 32.2. The lowest BCUT2D eigenvalue weighted by atomic mass is 10.1. The van der Waals surface area contributed by atoms with Crippen molar-refractivity contribution in [1.82, 2.24) is 19.5 Å². The molecule has 1 aliphatic rings. The number of aliphatic hydroxyl groups is 2. The summed E-state index contributed by atoms with van der Waals surface area (Å²) in [5.74, 6) is -1.42. The first kappa shape index (κ1) is 32.0. The average Bonchev–Trinajstić information content (AvgIpc) is 3.32. The smallest absolute Gasteiger partial charge is 0.480 e. The summed E-state index contributed by atoms with van der Waals surface area (Å²) in [7, 11) is -16.6. The lowest BCUT2D eigenvalue weighted by Gasteiger charge is -2.27. The number of thioether (sulfide) groups is 1. The van der Waals surface area contributed by atoms with Gasteiger partial charge in [0.1, 0.15) is 36.2 Å². The quantitative estimate of drug-likeness (QED) is 0.111. The van der Waals surface area contributed by atoms with Crippen molar-refractivity contribution in [2.24, 2.45) is 5.73 Å². The minimum Gasteiger partial charge on any atom is -0.480 e. The zero-order valence-corrected chi connectivity index (χ0v) is 22.9. The van der Waals surface area contributed by atoms with Crippen LogP contribution in [-0.4, -0.2) is 102 Å². The van der Waals surface area contributed by atoms with Crippen LogP contribution < -0.4 is 11.5 Å². The van der Waals surface area contributed by atoms with E-state index in [2.05, 4.69) is 23.6 Å². The van der Waals surface area contributed by atoms with Gasteiger partial charge in [0, 0.05) is 5.25 Å². The van der Waals surface area contributed by atoms with E-state index in [0.717, 1.165) is 18.1 Å². The molecule has 0 amide bonds. The number of carboxylic acid groups (broad SMARTS) is 1. The number of anilines is 1. The summed E-state index contributed by atoms with van der Waals surface area (Å²) in [5.41, 5.74) is 11.5. The van der Waals surface area contributed by atoms with Crippen LogP contribution in [0.25, 0.3) is 11.2 Å². The molecule has 8 atom stereocenters. The number of hydrogen-bond donors (Lipinski definition) is 9. The Hall–Kier alpha value is -1.54. The number of aromatic nitrogens is 4. The Morgan fingerprint density at radius 3 is 2.41 bits per heavy atom. The molecule has 0 radical (unpaired) electrons. The summed E-state index contributed by atoms with van der Waals surface area (Å²) >= 11 is 0.754. The van der Waals surface area contributed by atoms with Gasteiger partial charge in [-0.2, -0.15) is 16.1 Å². The second kappa shape index (κ2) is 12.1. The van der Waals surface area contributed by atoms with E-state index in [-0.39, 0.29) is 29.2 Å². The molecule has 0 aromatic carbocycles. The number of carbonyl (C=O) groups is 1. The van der Waals surface area contributed by atoms with Crippen LogP contribution in [-0.2, 0) is 31.8 Å². The van der Waals surface area contributed by atoms with Crippen molar-refractivity contribution < 1.29 is 66.7 Å². The van der Waals surface area contributed by atoms with Crippen LogP contribution in [0.3, 0.4) is 0 Å². The standard InChI is InChI=1S/C15H25N6O14P3S/c16-6(15(24)25)1-2-39-7(3-36(26,27)34-38(31,32)35-37(28,29)30)11-9(22)10(23)14(33-11)21-5-20-8-12(17)18-4-19-13(8)21/h4-7,9-11,14,22-23H,1-3,16H2,(H,24,25)(H,26,27)(H,31,32)(H2,17,18,19)(H2,28,29,30)/t6?,7?,9-,10+,11+,14+/m0/s1. The van der Waals surface area contributed by atoms with Crippen molar-refractivity contribution in [2.45, 2.75) is 42.3 Å². The molecule has 0 spiro atoms. The number of imidazole rings is 1. The van der Waals surface area contributed by atoms with Crippen LogP contribution in [0.4, 0.5) is 5.82 Å². The van der Waals surface area contributed by atoms with Gasteiger partial charge in [-0.25, -0.2) is 28.4 Å². The van der Waals surface area contributed by atoms with Crippen LogP contribution in [0.1, 0.15) is 12.6 Å². The van der Waals surface area contributed by atoms with Gasteiger partial charge in [-0.15, -0.1) is 0 Å². The van der Waals surface area contributed by atoms with E-state index >= 15 is 0 Å². The molecule has 0 saturated carbocycles. The molecule has 4 unspecified atom stereocenters. The molecule has 3 heterocycles. The second-order valence-electron chi connectivity index (χ2n) is 8.14. The monoisotopic (exact) mass is 638 g/mol. The Labute approximate surface area is 222 Å². The maximum absolute atomic E-state index is 12.7. The summed E-state index contributed by atoms with van der Waals surface area (Å²) in [5, 5.41) is 29.1. The van der Waals surface area contributed by atoms with Gasteiger partial charge in [0.05, 0.1) is 12.5 Å². The largest absolute Gasteiger partial charge is 0.488 e. The van der Waals surface area contributed by atoms with Gasteiger partial charge in [0.25, 0.3) is 0 Å². The summed E-state index contributed by atoms with van der Waals surface area (Å²) in [4.78, 5) is 60.1.